The van der Waals surface area contributed by atoms with Gasteiger partial charge < -0.3 is 18.9 Å². The summed E-state index contributed by atoms with van der Waals surface area (Å²) in [5.41, 5.74) is -1.62. The molecule has 6 nitrogen and oxygen atoms in total. The van der Waals surface area contributed by atoms with Crippen molar-refractivity contribution in [1.29, 1.82) is 0 Å². The van der Waals surface area contributed by atoms with E-state index in [4.69, 9.17) is 18.9 Å². The Bertz CT molecular complexity index is 563. The van der Waals surface area contributed by atoms with Crippen molar-refractivity contribution in [3.63, 3.8) is 0 Å². The van der Waals surface area contributed by atoms with Gasteiger partial charge in [0.25, 0.3) is 0 Å². The summed E-state index contributed by atoms with van der Waals surface area (Å²) in [6, 6.07) is 0. The first kappa shape index (κ1) is 19.9. The van der Waals surface area contributed by atoms with Gasteiger partial charge in [-0.1, -0.05) is 26.5 Å². The molecule has 2 aliphatic heterocycles. The maximum absolute atomic E-state index is 12.7. The largest absolute Gasteiger partial charge is 0.463 e. The number of carbonyl (C=O) groups is 2. The number of esters is 2. The van der Waals surface area contributed by atoms with Gasteiger partial charge in [-0.3, -0.25) is 9.59 Å². The summed E-state index contributed by atoms with van der Waals surface area (Å²) in [5.74, 6) is -2.29. The van der Waals surface area contributed by atoms with Crippen LogP contribution in [0.3, 0.4) is 0 Å². The predicted octanol–water partition coefficient (Wildman–Crippen LogP) is 2.71. The quantitative estimate of drug-likeness (QED) is 0.558. The zero-order valence-corrected chi connectivity index (χ0v) is 16.3. The van der Waals surface area contributed by atoms with E-state index >= 15 is 0 Å². The Labute approximate surface area is 149 Å². The molecule has 5 atom stereocenters. The minimum atomic E-state index is -1.15. The lowest BCUT2D eigenvalue weighted by Crippen LogP contribution is -2.54. The van der Waals surface area contributed by atoms with Crippen LogP contribution in [0.2, 0.25) is 0 Å². The summed E-state index contributed by atoms with van der Waals surface area (Å²) in [7, 11) is 1.53. The molecular weight excluding hydrogens is 324 g/mol. The second kappa shape index (κ2) is 6.40. The van der Waals surface area contributed by atoms with Crippen LogP contribution in [0.15, 0.2) is 12.7 Å². The second-order valence-electron chi connectivity index (χ2n) is 8.36. The van der Waals surface area contributed by atoms with Gasteiger partial charge in [0.2, 0.25) is 0 Å². The average molecular weight is 354 g/mol. The van der Waals surface area contributed by atoms with Crippen LogP contribution in [0, 0.1) is 22.7 Å². The third-order valence-corrected chi connectivity index (χ3v) is 5.43. The van der Waals surface area contributed by atoms with E-state index < -0.39 is 28.8 Å². The molecule has 0 aromatic rings. The third kappa shape index (κ3) is 2.79. The van der Waals surface area contributed by atoms with Gasteiger partial charge in [-0.2, -0.15) is 0 Å². The second-order valence-corrected chi connectivity index (χ2v) is 8.36. The van der Waals surface area contributed by atoms with E-state index in [9.17, 15) is 9.59 Å². The third-order valence-electron chi connectivity index (χ3n) is 5.43. The number of methoxy groups -OCH3 is 1. The molecule has 0 aromatic carbocycles. The van der Waals surface area contributed by atoms with Crippen molar-refractivity contribution in [1.82, 2.24) is 0 Å². The topological polar surface area (TPSA) is 71.1 Å². The van der Waals surface area contributed by atoms with E-state index in [2.05, 4.69) is 6.58 Å². The highest BCUT2D eigenvalue weighted by atomic mass is 16.7. The molecule has 2 saturated heterocycles. The van der Waals surface area contributed by atoms with Crippen molar-refractivity contribution in [2.24, 2.45) is 22.7 Å². The Kier molecular flexibility index (Phi) is 5.10. The van der Waals surface area contributed by atoms with Crippen molar-refractivity contribution in [2.75, 3.05) is 13.7 Å². The molecule has 6 heteroatoms. The molecule has 2 heterocycles. The molecule has 0 aromatic heterocycles. The molecule has 0 radical (unpaired) electrons. The molecule has 0 aliphatic carbocycles. The fraction of sp³-hybridized carbons (Fsp3) is 0.789. The number of fused-ring (bicyclic) bond motifs is 1. The summed E-state index contributed by atoms with van der Waals surface area (Å²) in [4.78, 5) is 24.9. The Morgan fingerprint density at radius 2 is 2.00 bits per heavy atom. The molecule has 0 saturated carbocycles. The summed E-state index contributed by atoms with van der Waals surface area (Å²) >= 11 is 0. The normalized spacial score (nSPS) is 37.8. The van der Waals surface area contributed by atoms with Crippen LogP contribution in [0.25, 0.3) is 0 Å². The Hall–Kier alpha value is -1.40. The summed E-state index contributed by atoms with van der Waals surface area (Å²) < 4.78 is 23.0. The van der Waals surface area contributed by atoms with Crippen LogP contribution >= 0.6 is 0 Å². The fourth-order valence-electron chi connectivity index (χ4n) is 4.10. The van der Waals surface area contributed by atoms with Gasteiger partial charge in [0, 0.05) is 13.0 Å². The highest BCUT2D eigenvalue weighted by molar-refractivity contribution is 5.82. The van der Waals surface area contributed by atoms with Crippen LogP contribution in [0.1, 0.15) is 41.5 Å². The molecule has 2 aliphatic rings. The number of hydrogen-bond donors (Lipinski definition) is 0. The zero-order valence-electron chi connectivity index (χ0n) is 16.3. The molecule has 142 valence electrons. The van der Waals surface area contributed by atoms with Gasteiger partial charge in [0.1, 0.15) is 24.2 Å². The van der Waals surface area contributed by atoms with Crippen molar-refractivity contribution < 1.29 is 28.5 Å². The lowest BCUT2D eigenvalue weighted by atomic mass is 9.67. The van der Waals surface area contributed by atoms with Crippen LogP contribution in [0.5, 0.6) is 0 Å². The van der Waals surface area contributed by atoms with Gasteiger partial charge in [0.05, 0.1) is 11.3 Å². The van der Waals surface area contributed by atoms with Gasteiger partial charge in [0.15, 0.2) is 5.79 Å². The van der Waals surface area contributed by atoms with Crippen LogP contribution < -0.4 is 0 Å². The minimum absolute atomic E-state index is 0.0369. The summed E-state index contributed by atoms with van der Waals surface area (Å²) in [6.45, 7) is 14.9. The molecule has 0 bridgehead atoms. The van der Waals surface area contributed by atoms with Gasteiger partial charge >= 0.3 is 11.9 Å². The van der Waals surface area contributed by atoms with E-state index in [1.807, 2.05) is 13.8 Å². The van der Waals surface area contributed by atoms with Gasteiger partial charge in [-0.15, -0.1) is 0 Å². The molecule has 2 fully saturated rings. The van der Waals surface area contributed by atoms with Crippen molar-refractivity contribution >= 4 is 11.9 Å². The Morgan fingerprint density at radius 3 is 2.44 bits per heavy atom. The SMILES string of the molecule is C=C[C@H]1OC(=O)[C@@]2(C)[C@@H]1[C@H](COC(=O)C(C)(C)C)O[C@]2(OC)C(C)C. The number of carbonyl (C=O) groups excluding carboxylic acids is 2. The number of cyclic esters (lactones) is 1. The van der Waals surface area contributed by atoms with Crippen LogP contribution in [0.4, 0.5) is 0 Å². The molecule has 25 heavy (non-hydrogen) atoms. The van der Waals surface area contributed by atoms with Crippen molar-refractivity contribution in [3.05, 3.63) is 12.7 Å². The number of hydrogen-bond acceptors (Lipinski definition) is 6. The minimum Gasteiger partial charge on any atom is -0.463 e. The van der Waals surface area contributed by atoms with Crippen LogP contribution in [-0.2, 0) is 28.5 Å². The monoisotopic (exact) mass is 354 g/mol. The number of ether oxygens (including phenoxy) is 4. The average Bonchev–Trinajstić information content (AvgIpc) is 2.94. The Balaban J connectivity index is 2.37. The molecule has 0 N–H and O–H groups in total. The molecule has 0 spiro atoms. The smallest absolute Gasteiger partial charge is 0.318 e. The summed E-state index contributed by atoms with van der Waals surface area (Å²) in [5, 5.41) is 0. The lowest BCUT2D eigenvalue weighted by Gasteiger charge is -2.40. The first-order chi connectivity index (χ1) is 11.5. The highest BCUT2D eigenvalue weighted by Crippen LogP contribution is 2.60. The van der Waals surface area contributed by atoms with E-state index in [1.165, 1.54) is 7.11 Å². The first-order valence-electron chi connectivity index (χ1n) is 8.69. The predicted molar refractivity (Wildman–Crippen MR) is 91.5 cm³/mol. The van der Waals surface area contributed by atoms with Crippen molar-refractivity contribution in [2.45, 2.75) is 59.5 Å². The maximum atomic E-state index is 12.7. The van der Waals surface area contributed by atoms with E-state index in [-0.39, 0.29) is 30.4 Å². The molecule has 2 rings (SSSR count). The molecule has 0 amide bonds. The van der Waals surface area contributed by atoms with E-state index in [0.717, 1.165) is 0 Å². The molecular formula is C19H30O6. The molecule has 0 unspecified atom stereocenters. The number of rotatable bonds is 5. The summed E-state index contributed by atoms with van der Waals surface area (Å²) in [6.07, 6.45) is 0.571. The van der Waals surface area contributed by atoms with E-state index in [0.29, 0.717) is 0 Å². The van der Waals surface area contributed by atoms with Crippen LogP contribution in [-0.4, -0.2) is 43.7 Å². The first-order valence-corrected chi connectivity index (χ1v) is 8.69. The fourth-order valence-corrected chi connectivity index (χ4v) is 4.10. The zero-order chi connectivity index (χ0) is 19.2. The lowest BCUT2D eigenvalue weighted by molar-refractivity contribution is -0.279. The Morgan fingerprint density at radius 1 is 1.40 bits per heavy atom. The van der Waals surface area contributed by atoms with Gasteiger partial charge in [-0.05, 0) is 27.7 Å². The highest BCUT2D eigenvalue weighted by Gasteiger charge is 2.74. The van der Waals surface area contributed by atoms with E-state index in [1.54, 1.807) is 33.8 Å². The maximum Gasteiger partial charge on any atom is 0.318 e. The standard InChI is InChI=1S/C19H30O6/c1-9-12-14-13(10-23-15(20)17(4,5)6)25-19(22-8,11(2)3)18(14,7)16(21)24-12/h9,11-14H,1,10H2,2-8H3/t12-,13+,14+,18-,19-/m1/s1. The van der Waals surface area contributed by atoms with Gasteiger partial charge in [-0.25, -0.2) is 0 Å². The van der Waals surface area contributed by atoms with Crippen molar-refractivity contribution in [3.8, 4) is 0 Å².